The maximum atomic E-state index is 11.6. The molecule has 0 aliphatic carbocycles. The van der Waals surface area contributed by atoms with Crippen LogP contribution in [0.3, 0.4) is 0 Å². The second-order valence-electron chi connectivity index (χ2n) is 3.65. The highest BCUT2D eigenvalue weighted by Crippen LogP contribution is 2.18. The van der Waals surface area contributed by atoms with Gasteiger partial charge in [0.25, 0.3) is 5.91 Å². The average molecular weight is 264 g/mol. The van der Waals surface area contributed by atoms with Crippen LogP contribution in [0.25, 0.3) is 0 Å². The Labute approximate surface area is 97.7 Å². The van der Waals surface area contributed by atoms with Crippen LogP contribution >= 0.6 is 11.6 Å². The summed E-state index contributed by atoms with van der Waals surface area (Å²) in [5.74, 6) is -0.517. The number of alkyl halides is 1. The molecule has 1 aromatic heterocycles. The van der Waals surface area contributed by atoms with Gasteiger partial charge < -0.3 is 9.73 Å². The van der Waals surface area contributed by atoms with Crippen molar-refractivity contribution in [1.29, 1.82) is 0 Å². The molecule has 1 aromatic rings. The van der Waals surface area contributed by atoms with Crippen LogP contribution in [-0.2, 0) is 9.84 Å². The van der Waals surface area contributed by atoms with Crippen LogP contribution in [0.4, 0.5) is 0 Å². The Kier molecular flexibility index (Phi) is 2.94. The molecule has 0 aromatic carbocycles. The molecule has 2 heterocycles. The van der Waals surface area contributed by atoms with E-state index >= 15 is 0 Å². The summed E-state index contributed by atoms with van der Waals surface area (Å²) in [5.41, 5.74) is 0. The number of furan rings is 1. The number of halogens is 1. The van der Waals surface area contributed by atoms with E-state index in [1.165, 1.54) is 12.3 Å². The molecule has 16 heavy (non-hydrogen) atoms. The van der Waals surface area contributed by atoms with Crippen molar-refractivity contribution in [3.63, 3.8) is 0 Å². The molecule has 0 unspecified atom stereocenters. The monoisotopic (exact) mass is 263 g/mol. The lowest BCUT2D eigenvalue weighted by Gasteiger charge is -2.12. The van der Waals surface area contributed by atoms with Crippen LogP contribution in [0, 0.1) is 0 Å². The first kappa shape index (κ1) is 11.5. The van der Waals surface area contributed by atoms with E-state index in [4.69, 9.17) is 16.0 Å². The molecule has 2 rings (SSSR count). The number of sulfone groups is 1. The van der Waals surface area contributed by atoms with Gasteiger partial charge in [-0.1, -0.05) is 0 Å². The normalized spacial score (nSPS) is 27.8. The van der Waals surface area contributed by atoms with Crippen LogP contribution < -0.4 is 5.32 Å². The second kappa shape index (κ2) is 4.10. The first-order valence-electron chi connectivity index (χ1n) is 4.67. The third-order valence-electron chi connectivity index (χ3n) is 2.34. The summed E-state index contributed by atoms with van der Waals surface area (Å²) in [5, 5.41) is 1.96. The fourth-order valence-electron chi connectivity index (χ4n) is 1.58. The van der Waals surface area contributed by atoms with Crippen LogP contribution in [0.5, 0.6) is 0 Å². The van der Waals surface area contributed by atoms with Crippen LogP contribution in [0.2, 0.25) is 0 Å². The zero-order valence-electron chi connectivity index (χ0n) is 8.22. The molecule has 0 bridgehead atoms. The van der Waals surface area contributed by atoms with Gasteiger partial charge in [0.1, 0.15) is 0 Å². The molecule has 1 fully saturated rings. The van der Waals surface area contributed by atoms with E-state index in [1.807, 2.05) is 0 Å². The maximum absolute atomic E-state index is 11.6. The van der Waals surface area contributed by atoms with Crippen molar-refractivity contribution in [2.75, 3.05) is 11.5 Å². The molecule has 0 saturated carbocycles. The van der Waals surface area contributed by atoms with Gasteiger partial charge in [0.2, 0.25) is 0 Å². The van der Waals surface area contributed by atoms with Gasteiger partial charge in [0.15, 0.2) is 15.6 Å². The van der Waals surface area contributed by atoms with Gasteiger partial charge in [0, 0.05) is 0 Å². The molecule has 1 N–H and O–H groups in total. The minimum absolute atomic E-state index is 0.0995. The van der Waals surface area contributed by atoms with Gasteiger partial charge in [-0.3, -0.25) is 4.79 Å². The van der Waals surface area contributed by atoms with Crippen LogP contribution in [0.1, 0.15) is 10.6 Å². The van der Waals surface area contributed by atoms with E-state index in [1.54, 1.807) is 6.07 Å². The fraction of sp³-hybridized carbons (Fsp3) is 0.444. The summed E-state index contributed by atoms with van der Waals surface area (Å²) in [6, 6.07) is 2.53. The molecular weight excluding hydrogens is 254 g/mol. The molecule has 0 radical (unpaired) electrons. The van der Waals surface area contributed by atoms with Gasteiger partial charge >= 0.3 is 0 Å². The summed E-state index contributed by atoms with van der Waals surface area (Å²) < 4.78 is 27.4. The van der Waals surface area contributed by atoms with E-state index in [0.717, 1.165) is 0 Å². The highest BCUT2D eigenvalue weighted by molar-refractivity contribution is 7.91. The predicted molar refractivity (Wildman–Crippen MR) is 58.3 cm³/mol. The van der Waals surface area contributed by atoms with E-state index in [-0.39, 0.29) is 17.3 Å². The van der Waals surface area contributed by atoms with E-state index in [2.05, 4.69) is 5.32 Å². The Morgan fingerprint density at radius 2 is 2.25 bits per heavy atom. The summed E-state index contributed by atoms with van der Waals surface area (Å²) in [6.07, 6.45) is 1.37. The quantitative estimate of drug-likeness (QED) is 0.785. The number of hydrogen-bond donors (Lipinski definition) is 1. The Morgan fingerprint density at radius 1 is 1.50 bits per heavy atom. The molecule has 2 atom stereocenters. The number of amides is 1. The van der Waals surface area contributed by atoms with Gasteiger partial charge in [0.05, 0.1) is 29.2 Å². The molecule has 1 amide bonds. The summed E-state index contributed by atoms with van der Waals surface area (Å²) in [6.45, 7) is 0. The lowest BCUT2D eigenvalue weighted by molar-refractivity contribution is 0.0913. The van der Waals surface area contributed by atoms with E-state index < -0.39 is 27.2 Å². The summed E-state index contributed by atoms with van der Waals surface area (Å²) >= 11 is 5.84. The largest absolute Gasteiger partial charge is 0.459 e. The minimum Gasteiger partial charge on any atom is -0.459 e. The average Bonchev–Trinajstić information content (AvgIpc) is 2.74. The van der Waals surface area contributed by atoms with E-state index in [0.29, 0.717) is 0 Å². The number of nitrogens with one attached hydrogen (secondary N) is 1. The molecule has 0 spiro atoms. The zero-order valence-corrected chi connectivity index (χ0v) is 9.79. The number of carbonyl (C=O) groups excluding carboxylic acids is 1. The molecule has 1 saturated heterocycles. The predicted octanol–water partition coefficient (Wildman–Crippen LogP) is 0.414. The lowest BCUT2D eigenvalue weighted by Crippen LogP contribution is -2.40. The molecule has 7 heteroatoms. The Balaban J connectivity index is 2.04. The minimum atomic E-state index is -3.14. The first-order chi connectivity index (χ1) is 7.48. The molecule has 1 aliphatic heterocycles. The highest BCUT2D eigenvalue weighted by Gasteiger charge is 2.37. The van der Waals surface area contributed by atoms with Crippen LogP contribution in [-0.4, -0.2) is 37.2 Å². The molecule has 1 aliphatic rings. The topological polar surface area (TPSA) is 76.4 Å². The van der Waals surface area contributed by atoms with Crippen molar-refractivity contribution in [3.05, 3.63) is 24.2 Å². The SMILES string of the molecule is O=C(N[C@@H]1CS(=O)(=O)C[C@@H]1Cl)c1ccco1. The maximum Gasteiger partial charge on any atom is 0.287 e. The van der Waals surface area contributed by atoms with Gasteiger partial charge in [-0.15, -0.1) is 11.6 Å². The Morgan fingerprint density at radius 3 is 2.75 bits per heavy atom. The summed E-state index contributed by atoms with van der Waals surface area (Å²) in [7, 11) is -3.14. The van der Waals surface area contributed by atoms with Crippen LogP contribution in [0.15, 0.2) is 22.8 Å². The fourth-order valence-corrected chi connectivity index (χ4v) is 4.13. The molecular formula is C9H10ClNO4S. The van der Waals surface area contributed by atoms with Crippen molar-refractivity contribution in [2.24, 2.45) is 0 Å². The third-order valence-corrected chi connectivity index (χ3v) is 4.72. The summed E-state index contributed by atoms with van der Waals surface area (Å²) in [4.78, 5) is 11.6. The smallest absolute Gasteiger partial charge is 0.287 e. The molecule has 5 nitrogen and oxygen atoms in total. The standard InChI is InChI=1S/C9H10ClNO4S/c10-6-4-16(13,14)5-7(6)11-9(12)8-2-1-3-15-8/h1-3,6-7H,4-5H2,(H,11,12)/t6-,7+/m0/s1. The Hall–Kier alpha value is -1.01. The van der Waals surface area contributed by atoms with Crippen molar-refractivity contribution in [3.8, 4) is 0 Å². The second-order valence-corrected chi connectivity index (χ2v) is 6.36. The van der Waals surface area contributed by atoms with Crippen molar-refractivity contribution < 1.29 is 17.6 Å². The van der Waals surface area contributed by atoms with Crippen molar-refractivity contribution >= 4 is 27.3 Å². The van der Waals surface area contributed by atoms with Crippen molar-refractivity contribution in [1.82, 2.24) is 5.32 Å². The highest BCUT2D eigenvalue weighted by atomic mass is 35.5. The lowest BCUT2D eigenvalue weighted by atomic mass is 10.2. The third kappa shape index (κ3) is 2.38. The van der Waals surface area contributed by atoms with Crippen molar-refractivity contribution in [2.45, 2.75) is 11.4 Å². The van der Waals surface area contributed by atoms with Gasteiger partial charge in [-0.2, -0.15) is 0 Å². The molecule has 88 valence electrons. The van der Waals surface area contributed by atoms with Gasteiger partial charge in [-0.05, 0) is 12.1 Å². The number of rotatable bonds is 2. The van der Waals surface area contributed by atoms with Gasteiger partial charge in [-0.25, -0.2) is 8.42 Å². The Bertz CT molecular complexity index is 482. The van der Waals surface area contributed by atoms with E-state index in [9.17, 15) is 13.2 Å². The first-order valence-corrected chi connectivity index (χ1v) is 6.92. The number of carbonyl (C=O) groups is 1. The number of hydrogen-bond acceptors (Lipinski definition) is 4. The zero-order chi connectivity index (χ0) is 11.8.